The molecule has 5 nitrogen and oxygen atoms in total. The van der Waals surface area contributed by atoms with Crippen molar-refractivity contribution in [3.05, 3.63) is 65.2 Å². The van der Waals surface area contributed by atoms with Gasteiger partial charge in [-0.25, -0.2) is 0 Å². The summed E-state index contributed by atoms with van der Waals surface area (Å²) in [6.45, 7) is 10.5. The van der Waals surface area contributed by atoms with Crippen molar-refractivity contribution >= 4 is 11.8 Å². The summed E-state index contributed by atoms with van der Waals surface area (Å²) < 4.78 is 5.97. The summed E-state index contributed by atoms with van der Waals surface area (Å²) in [5.74, 6) is 0.983. The van der Waals surface area contributed by atoms with Crippen LogP contribution in [0.15, 0.2) is 48.5 Å². The van der Waals surface area contributed by atoms with E-state index in [-0.39, 0.29) is 23.9 Å². The van der Waals surface area contributed by atoms with Crippen molar-refractivity contribution in [2.45, 2.75) is 65.6 Å². The van der Waals surface area contributed by atoms with E-state index in [2.05, 4.69) is 37.4 Å². The highest BCUT2D eigenvalue weighted by Gasteiger charge is 2.32. The van der Waals surface area contributed by atoms with Crippen LogP contribution in [0, 0.1) is 5.92 Å². The molecule has 2 aromatic rings. The predicted octanol–water partition coefficient (Wildman–Crippen LogP) is 4.50. The lowest BCUT2D eigenvalue weighted by atomic mass is 9.87. The number of hydrogen-bond donors (Lipinski definition) is 1. The first-order chi connectivity index (χ1) is 14.8. The van der Waals surface area contributed by atoms with Crippen LogP contribution >= 0.6 is 0 Å². The second-order valence-corrected chi connectivity index (χ2v) is 9.03. The van der Waals surface area contributed by atoms with Crippen molar-refractivity contribution in [3.63, 3.8) is 0 Å². The molecule has 0 aromatic heterocycles. The summed E-state index contributed by atoms with van der Waals surface area (Å²) in [5.41, 5.74) is 3.38. The first-order valence-corrected chi connectivity index (χ1v) is 11.2. The van der Waals surface area contributed by atoms with E-state index in [1.54, 1.807) is 6.92 Å². The lowest BCUT2D eigenvalue weighted by Crippen LogP contribution is -2.41. The summed E-state index contributed by atoms with van der Waals surface area (Å²) in [7, 11) is 0. The van der Waals surface area contributed by atoms with Gasteiger partial charge in [-0.15, -0.1) is 0 Å². The molecule has 0 fully saturated rings. The predicted molar refractivity (Wildman–Crippen MR) is 123 cm³/mol. The first kappa shape index (κ1) is 22.9. The van der Waals surface area contributed by atoms with E-state index in [0.717, 1.165) is 17.5 Å². The Bertz CT molecular complexity index is 908. The maximum Gasteiger partial charge on any atom is 0.260 e. The van der Waals surface area contributed by atoms with E-state index >= 15 is 0 Å². The van der Waals surface area contributed by atoms with E-state index in [1.165, 1.54) is 5.56 Å². The van der Waals surface area contributed by atoms with Gasteiger partial charge in [-0.05, 0) is 61.9 Å². The average molecular weight is 423 g/mol. The third kappa shape index (κ3) is 5.66. The second kappa shape index (κ2) is 9.99. The van der Waals surface area contributed by atoms with Gasteiger partial charge in [-0.3, -0.25) is 9.59 Å². The molecule has 3 rings (SSSR count). The van der Waals surface area contributed by atoms with E-state index in [0.29, 0.717) is 24.6 Å². The molecule has 31 heavy (non-hydrogen) atoms. The minimum atomic E-state index is -0.599. The van der Waals surface area contributed by atoms with Gasteiger partial charge in [0.1, 0.15) is 5.75 Å². The van der Waals surface area contributed by atoms with Crippen LogP contribution < -0.4 is 10.1 Å². The Morgan fingerprint density at radius 3 is 2.42 bits per heavy atom. The Labute approximate surface area is 185 Å². The molecule has 0 saturated carbocycles. The van der Waals surface area contributed by atoms with Crippen molar-refractivity contribution in [2.24, 2.45) is 5.92 Å². The molecule has 2 atom stereocenters. The van der Waals surface area contributed by atoms with Crippen molar-refractivity contribution in [1.82, 2.24) is 10.2 Å². The van der Waals surface area contributed by atoms with Crippen molar-refractivity contribution in [1.29, 1.82) is 0 Å². The van der Waals surface area contributed by atoms with Crippen molar-refractivity contribution < 1.29 is 14.3 Å². The summed E-state index contributed by atoms with van der Waals surface area (Å²) in [6, 6.07) is 16.0. The maximum absolute atomic E-state index is 13.1. The SMILES string of the molecule is CC(C)CC(=O)N1CCc2ccc(O[C@@H](C)C(=O)NC(C)C)cc2[C@H]1c1ccccc1. The van der Waals surface area contributed by atoms with Crippen LogP contribution in [0.3, 0.4) is 0 Å². The molecule has 0 radical (unpaired) electrons. The van der Waals surface area contributed by atoms with E-state index in [4.69, 9.17) is 4.74 Å². The summed E-state index contributed by atoms with van der Waals surface area (Å²) in [5, 5.41) is 2.88. The molecule has 0 bridgehead atoms. The quantitative estimate of drug-likeness (QED) is 0.715. The van der Waals surface area contributed by atoms with Crippen molar-refractivity contribution in [3.8, 4) is 5.75 Å². The number of fused-ring (bicyclic) bond motifs is 1. The number of amides is 2. The Morgan fingerprint density at radius 1 is 1.06 bits per heavy atom. The van der Waals surface area contributed by atoms with E-state index in [9.17, 15) is 9.59 Å². The van der Waals surface area contributed by atoms with E-state index in [1.807, 2.05) is 49.1 Å². The monoisotopic (exact) mass is 422 g/mol. The molecular weight excluding hydrogens is 388 g/mol. The largest absolute Gasteiger partial charge is 0.481 e. The van der Waals surface area contributed by atoms with Crippen LogP contribution in [-0.2, 0) is 16.0 Å². The third-order valence-corrected chi connectivity index (χ3v) is 5.48. The Balaban J connectivity index is 1.94. The van der Waals surface area contributed by atoms with Crippen LogP contribution in [0.4, 0.5) is 0 Å². The van der Waals surface area contributed by atoms with E-state index < -0.39 is 6.10 Å². The Kier molecular flexibility index (Phi) is 7.37. The standard InChI is InChI=1S/C26H34N2O3/c1-17(2)15-24(29)28-14-13-20-11-12-22(31-19(5)26(30)27-18(3)4)16-23(20)25(28)21-9-7-6-8-10-21/h6-12,16-19,25H,13-15H2,1-5H3,(H,27,30)/t19-,25+/m0/s1. The topological polar surface area (TPSA) is 58.6 Å². The summed E-state index contributed by atoms with van der Waals surface area (Å²) in [6.07, 6.45) is 0.742. The summed E-state index contributed by atoms with van der Waals surface area (Å²) in [4.78, 5) is 27.4. The molecule has 166 valence electrons. The zero-order valence-corrected chi connectivity index (χ0v) is 19.2. The van der Waals surface area contributed by atoms with Crippen LogP contribution in [0.1, 0.15) is 63.8 Å². The highest BCUT2D eigenvalue weighted by Crippen LogP contribution is 2.37. The molecule has 2 amide bonds. The highest BCUT2D eigenvalue weighted by atomic mass is 16.5. The van der Waals surface area contributed by atoms with Gasteiger partial charge in [-0.1, -0.05) is 50.2 Å². The molecule has 1 aliphatic heterocycles. The highest BCUT2D eigenvalue weighted by molar-refractivity contribution is 5.81. The van der Waals surface area contributed by atoms with Crippen LogP contribution in [0.5, 0.6) is 5.75 Å². The molecule has 5 heteroatoms. The minimum absolute atomic E-state index is 0.0603. The molecule has 0 saturated heterocycles. The second-order valence-electron chi connectivity index (χ2n) is 9.03. The van der Waals surface area contributed by atoms with Crippen molar-refractivity contribution in [2.75, 3.05) is 6.54 Å². The molecule has 0 unspecified atom stereocenters. The maximum atomic E-state index is 13.1. The van der Waals surface area contributed by atoms with Gasteiger partial charge in [0.05, 0.1) is 6.04 Å². The van der Waals surface area contributed by atoms with Crippen LogP contribution in [0.25, 0.3) is 0 Å². The minimum Gasteiger partial charge on any atom is -0.481 e. The van der Waals surface area contributed by atoms with Gasteiger partial charge >= 0.3 is 0 Å². The van der Waals surface area contributed by atoms with Crippen LogP contribution in [-0.4, -0.2) is 35.4 Å². The summed E-state index contributed by atoms with van der Waals surface area (Å²) >= 11 is 0. The number of hydrogen-bond acceptors (Lipinski definition) is 3. The fourth-order valence-corrected chi connectivity index (χ4v) is 4.06. The molecule has 1 heterocycles. The van der Waals surface area contributed by atoms with Gasteiger partial charge in [-0.2, -0.15) is 0 Å². The normalized spacial score (nSPS) is 16.7. The van der Waals surface area contributed by atoms with Gasteiger partial charge in [0.25, 0.3) is 5.91 Å². The molecule has 2 aromatic carbocycles. The molecule has 1 N–H and O–H groups in total. The van der Waals surface area contributed by atoms with Gasteiger partial charge in [0.15, 0.2) is 6.10 Å². The zero-order valence-electron chi connectivity index (χ0n) is 19.2. The smallest absolute Gasteiger partial charge is 0.260 e. The Morgan fingerprint density at radius 2 is 1.77 bits per heavy atom. The number of carbonyl (C=O) groups is 2. The third-order valence-electron chi connectivity index (χ3n) is 5.48. The number of ether oxygens (including phenoxy) is 1. The molecule has 1 aliphatic rings. The van der Waals surface area contributed by atoms with Gasteiger partial charge in [0, 0.05) is 19.0 Å². The number of carbonyl (C=O) groups excluding carboxylic acids is 2. The number of nitrogens with one attached hydrogen (secondary N) is 1. The molecule has 0 spiro atoms. The van der Waals surface area contributed by atoms with Gasteiger partial charge < -0.3 is 15.0 Å². The number of rotatable bonds is 7. The average Bonchev–Trinajstić information content (AvgIpc) is 2.72. The molecular formula is C26H34N2O3. The fourth-order valence-electron chi connectivity index (χ4n) is 4.06. The van der Waals surface area contributed by atoms with Crippen LogP contribution in [0.2, 0.25) is 0 Å². The molecule has 0 aliphatic carbocycles. The fraction of sp³-hybridized carbons (Fsp3) is 0.462. The number of nitrogens with zero attached hydrogens (tertiary/aromatic N) is 1. The zero-order chi connectivity index (χ0) is 22.5. The Hall–Kier alpha value is -2.82. The lowest BCUT2D eigenvalue weighted by Gasteiger charge is -2.38. The lowest BCUT2D eigenvalue weighted by molar-refractivity contribution is -0.134. The van der Waals surface area contributed by atoms with Gasteiger partial charge in [0.2, 0.25) is 5.91 Å². The number of benzene rings is 2. The first-order valence-electron chi connectivity index (χ1n) is 11.2.